The van der Waals surface area contributed by atoms with E-state index in [1.54, 1.807) is 0 Å². The van der Waals surface area contributed by atoms with Gasteiger partial charge in [0.25, 0.3) is 0 Å². The standard InChI is InChI=1S/C13H22.C12H22/c1-13(2,3)12-10-8-6-4-5-7-9-11(10)12;1-12(2,3)11-9-7-5-4-6-8-10-11/h4-5,10-12H,6-9H2,1-3H3;4-5,11H,6-10H2,1-3H3/b2*5-4+. The van der Waals surface area contributed by atoms with Gasteiger partial charge in [-0.25, -0.2) is 0 Å². The van der Waals surface area contributed by atoms with E-state index in [4.69, 9.17) is 0 Å². The minimum absolute atomic E-state index is 0.519. The lowest BCUT2D eigenvalue weighted by Gasteiger charge is -2.31. The highest BCUT2D eigenvalue weighted by Gasteiger charge is 2.53. The fraction of sp³-hybridized carbons (Fsp3) is 0.840. The fourth-order valence-electron chi connectivity index (χ4n) is 5.36. The van der Waals surface area contributed by atoms with Crippen LogP contribution in [0.25, 0.3) is 0 Å². The van der Waals surface area contributed by atoms with E-state index in [9.17, 15) is 0 Å². The van der Waals surface area contributed by atoms with Crippen molar-refractivity contribution in [3.8, 4) is 0 Å². The Morgan fingerprint density at radius 2 is 1.04 bits per heavy atom. The predicted molar refractivity (Wildman–Crippen MR) is 113 cm³/mol. The van der Waals surface area contributed by atoms with Gasteiger partial charge in [0.2, 0.25) is 0 Å². The van der Waals surface area contributed by atoms with Gasteiger partial charge in [0.1, 0.15) is 0 Å². The van der Waals surface area contributed by atoms with E-state index < -0.39 is 0 Å². The number of fused-ring (bicyclic) bond motifs is 1. The first-order valence-corrected chi connectivity index (χ1v) is 11.0. The Labute approximate surface area is 158 Å². The van der Waals surface area contributed by atoms with Crippen LogP contribution in [-0.4, -0.2) is 0 Å². The van der Waals surface area contributed by atoms with E-state index in [2.05, 4.69) is 65.8 Å². The maximum absolute atomic E-state index is 2.41. The first-order chi connectivity index (χ1) is 11.7. The summed E-state index contributed by atoms with van der Waals surface area (Å²) in [6, 6.07) is 0. The fourth-order valence-corrected chi connectivity index (χ4v) is 5.36. The maximum atomic E-state index is 2.41. The molecule has 0 aromatic carbocycles. The van der Waals surface area contributed by atoms with E-state index in [-0.39, 0.29) is 0 Å². The number of hydrogen-bond acceptors (Lipinski definition) is 0. The summed E-state index contributed by atoms with van der Waals surface area (Å²) in [6.07, 6.45) is 21.8. The second-order valence-electron chi connectivity index (χ2n) is 10.9. The third-order valence-corrected chi connectivity index (χ3v) is 6.83. The van der Waals surface area contributed by atoms with Crippen molar-refractivity contribution < 1.29 is 0 Å². The Morgan fingerprint density at radius 3 is 1.52 bits per heavy atom. The molecule has 0 radical (unpaired) electrons. The van der Waals surface area contributed by atoms with Gasteiger partial charge in [-0.2, -0.15) is 0 Å². The zero-order valence-electron chi connectivity index (χ0n) is 18.0. The number of allylic oxidation sites excluding steroid dienone is 4. The second kappa shape index (κ2) is 8.92. The summed E-state index contributed by atoms with van der Waals surface area (Å²) < 4.78 is 0. The number of hydrogen-bond donors (Lipinski definition) is 0. The molecule has 3 unspecified atom stereocenters. The van der Waals surface area contributed by atoms with Gasteiger partial charge >= 0.3 is 0 Å². The normalized spacial score (nSPS) is 35.6. The van der Waals surface area contributed by atoms with Gasteiger partial charge < -0.3 is 0 Å². The molecular weight excluding hydrogens is 300 g/mol. The van der Waals surface area contributed by atoms with E-state index in [0.717, 1.165) is 23.7 Å². The van der Waals surface area contributed by atoms with Crippen LogP contribution in [-0.2, 0) is 0 Å². The van der Waals surface area contributed by atoms with E-state index >= 15 is 0 Å². The maximum Gasteiger partial charge on any atom is -0.0303 e. The molecule has 3 rings (SSSR count). The summed E-state index contributed by atoms with van der Waals surface area (Å²) in [7, 11) is 0. The Hall–Kier alpha value is -0.520. The largest absolute Gasteiger partial charge is 0.0885 e. The van der Waals surface area contributed by atoms with Gasteiger partial charge in [0, 0.05) is 0 Å². The van der Waals surface area contributed by atoms with Crippen LogP contribution in [0.15, 0.2) is 24.3 Å². The smallest absolute Gasteiger partial charge is 0.0303 e. The summed E-state index contributed by atoms with van der Waals surface area (Å²) in [6.45, 7) is 14.4. The van der Waals surface area contributed by atoms with Gasteiger partial charge in [-0.15, -0.1) is 0 Å². The minimum Gasteiger partial charge on any atom is -0.0885 e. The molecule has 25 heavy (non-hydrogen) atoms. The lowest BCUT2D eigenvalue weighted by atomic mass is 9.75. The summed E-state index contributed by atoms with van der Waals surface area (Å²) in [5.74, 6) is 4.07. The van der Waals surface area contributed by atoms with Crippen molar-refractivity contribution in [1.29, 1.82) is 0 Å². The molecule has 0 N–H and O–H groups in total. The van der Waals surface area contributed by atoms with Crippen molar-refractivity contribution in [2.24, 2.45) is 34.5 Å². The van der Waals surface area contributed by atoms with Crippen molar-refractivity contribution in [2.75, 3.05) is 0 Å². The molecule has 1 fully saturated rings. The van der Waals surface area contributed by atoms with Crippen molar-refractivity contribution in [1.82, 2.24) is 0 Å². The Morgan fingerprint density at radius 1 is 0.560 bits per heavy atom. The summed E-state index contributed by atoms with van der Waals surface area (Å²) >= 11 is 0. The lowest BCUT2D eigenvalue weighted by molar-refractivity contribution is 0.208. The summed E-state index contributed by atoms with van der Waals surface area (Å²) in [5.41, 5.74) is 1.07. The first kappa shape index (κ1) is 20.8. The van der Waals surface area contributed by atoms with Crippen LogP contribution in [0, 0.1) is 34.5 Å². The van der Waals surface area contributed by atoms with Crippen LogP contribution < -0.4 is 0 Å². The third-order valence-electron chi connectivity index (χ3n) is 6.83. The van der Waals surface area contributed by atoms with Crippen molar-refractivity contribution >= 4 is 0 Å². The summed E-state index contributed by atoms with van der Waals surface area (Å²) in [4.78, 5) is 0. The average Bonchev–Trinajstić information content (AvgIpc) is 3.08. The van der Waals surface area contributed by atoms with Crippen LogP contribution >= 0.6 is 0 Å². The van der Waals surface area contributed by atoms with Crippen LogP contribution in [0.5, 0.6) is 0 Å². The highest BCUT2D eigenvalue weighted by molar-refractivity contribution is 5.05. The molecule has 1 saturated carbocycles. The van der Waals surface area contributed by atoms with Crippen molar-refractivity contribution in [3.05, 3.63) is 24.3 Å². The molecule has 3 atom stereocenters. The molecule has 0 nitrogen and oxygen atoms in total. The average molecular weight is 345 g/mol. The molecule has 0 heteroatoms. The van der Waals surface area contributed by atoms with Gasteiger partial charge in [-0.1, -0.05) is 65.8 Å². The molecule has 3 aliphatic rings. The van der Waals surface area contributed by atoms with Gasteiger partial charge in [0.05, 0.1) is 0 Å². The molecule has 0 amide bonds. The van der Waals surface area contributed by atoms with Gasteiger partial charge in [-0.05, 0) is 92.3 Å². The Kier molecular flexibility index (Phi) is 7.41. The lowest BCUT2D eigenvalue weighted by Crippen LogP contribution is -2.20. The van der Waals surface area contributed by atoms with Crippen LogP contribution in [0.3, 0.4) is 0 Å². The third kappa shape index (κ3) is 6.61. The molecule has 0 heterocycles. The van der Waals surface area contributed by atoms with Gasteiger partial charge in [0.15, 0.2) is 0 Å². The highest BCUT2D eigenvalue weighted by atomic mass is 14.6. The van der Waals surface area contributed by atoms with Gasteiger partial charge in [-0.3, -0.25) is 0 Å². The molecule has 0 aromatic heterocycles. The zero-order chi connectivity index (χ0) is 18.5. The molecule has 0 saturated heterocycles. The number of rotatable bonds is 0. The quantitative estimate of drug-likeness (QED) is 0.388. The molecule has 0 aromatic rings. The molecule has 3 aliphatic carbocycles. The summed E-state index contributed by atoms with van der Waals surface area (Å²) in [5, 5.41) is 0. The molecule has 0 aliphatic heterocycles. The zero-order valence-corrected chi connectivity index (χ0v) is 18.0. The Balaban J connectivity index is 0.000000181. The highest BCUT2D eigenvalue weighted by Crippen LogP contribution is 2.60. The minimum atomic E-state index is 0.519. The molecule has 144 valence electrons. The van der Waals surface area contributed by atoms with Crippen LogP contribution in [0.2, 0.25) is 0 Å². The Bertz CT molecular complexity index is 424. The van der Waals surface area contributed by atoms with E-state index in [0.29, 0.717) is 10.8 Å². The second-order valence-corrected chi connectivity index (χ2v) is 10.9. The van der Waals surface area contributed by atoms with E-state index in [1.807, 2.05) is 0 Å². The molecule has 0 spiro atoms. The van der Waals surface area contributed by atoms with E-state index in [1.165, 1.54) is 57.8 Å². The predicted octanol–water partition coefficient (Wildman–Crippen LogP) is 8.19. The van der Waals surface area contributed by atoms with Crippen molar-refractivity contribution in [2.45, 2.75) is 99.3 Å². The SMILES string of the molecule is CC(C)(C)C1C2CC/C=C/CCC21.CC(C)(C)C1CC/C=C/CCC1. The van der Waals surface area contributed by atoms with Crippen LogP contribution in [0.1, 0.15) is 99.3 Å². The topological polar surface area (TPSA) is 0 Å². The monoisotopic (exact) mass is 344 g/mol. The molecule has 0 bridgehead atoms. The first-order valence-electron chi connectivity index (χ1n) is 11.0. The van der Waals surface area contributed by atoms with Crippen LogP contribution in [0.4, 0.5) is 0 Å². The van der Waals surface area contributed by atoms with Crippen molar-refractivity contribution in [3.63, 3.8) is 0 Å². The molecular formula is C25H44.